The average Bonchev–Trinajstić information content (AvgIpc) is 3.41. The van der Waals surface area contributed by atoms with Gasteiger partial charge in [-0.25, -0.2) is 9.59 Å². The number of nitrogens with one attached hydrogen (secondary N) is 1. The molecule has 0 spiro atoms. The summed E-state index contributed by atoms with van der Waals surface area (Å²) in [6.45, 7) is 5.83. The number of ether oxygens (including phenoxy) is 2. The summed E-state index contributed by atoms with van der Waals surface area (Å²) < 4.78 is 10.9. The highest BCUT2D eigenvalue weighted by atomic mass is 16.5. The fourth-order valence-electron chi connectivity index (χ4n) is 4.99. The van der Waals surface area contributed by atoms with Crippen molar-refractivity contribution in [2.75, 3.05) is 26.8 Å². The Kier molecular flexibility index (Phi) is 6.60. The van der Waals surface area contributed by atoms with E-state index < -0.39 is 29.1 Å². The number of hydrogen-bond donors (Lipinski definition) is 2. The van der Waals surface area contributed by atoms with Gasteiger partial charge in [-0.2, -0.15) is 0 Å². The van der Waals surface area contributed by atoms with E-state index in [4.69, 9.17) is 9.47 Å². The number of carboxylic acids is 1. The first-order valence-corrected chi connectivity index (χ1v) is 11.8. The molecule has 2 aliphatic rings. The molecule has 186 valence electrons. The third-order valence-electron chi connectivity index (χ3n) is 7.04. The molecule has 1 fully saturated rings. The Morgan fingerprint density at radius 2 is 1.66 bits per heavy atom. The van der Waals surface area contributed by atoms with Crippen molar-refractivity contribution in [3.8, 4) is 11.1 Å². The van der Waals surface area contributed by atoms with Crippen LogP contribution in [0, 0.1) is 5.41 Å². The minimum absolute atomic E-state index is 0.0728. The summed E-state index contributed by atoms with van der Waals surface area (Å²) in [7, 11) is 1.33. The van der Waals surface area contributed by atoms with Gasteiger partial charge in [-0.05, 0) is 27.7 Å². The Labute approximate surface area is 205 Å². The number of alkyl carbamates (subject to hydrolysis) is 1. The standard InChI is InChI=1S/C27H32N2O6/c1-26(2,3)22(23(30)29-14-13-27(16-29,34-4)24(31)32)28-25(33)35-15-21-19-11-7-5-9-17(19)18-10-6-8-12-20(18)21/h5-12,21-22H,13-16H2,1-4H3,(H,28,33)(H,31,32). The van der Waals surface area contributed by atoms with Crippen molar-refractivity contribution in [1.29, 1.82) is 0 Å². The van der Waals surface area contributed by atoms with Crippen LogP contribution in [0.2, 0.25) is 0 Å². The van der Waals surface area contributed by atoms with Crippen LogP contribution in [0.25, 0.3) is 11.1 Å². The van der Waals surface area contributed by atoms with Crippen molar-refractivity contribution in [2.24, 2.45) is 5.41 Å². The molecule has 2 unspecified atom stereocenters. The topological polar surface area (TPSA) is 105 Å². The minimum atomic E-state index is -1.43. The lowest BCUT2D eigenvalue weighted by Gasteiger charge is -2.33. The molecule has 0 radical (unpaired) electrons. The number of hydrogen-bond acceptors (Lipinski definition) is 5. The number of amides is 2. The van der Waals surface area contributed by atoms with Crippen molar-refractivity contribution in [3.05, 3.63) is 59.7 Å². The van der Waals surface area contributed by atoms with Gasteiger partial charge in [0.15, 0.2) is 5.60 Å². The second kappa shape index (κ2) is 9.34. The normalized spacial score (nSPS) is 20.2. The summed E-state index contributed by atoms with van der Waals surface area (Å²) in [6, 6.07) is 15.3. The van der Waals surface area contributed by atoms with E-state index in [1.54, 1.807) is 0 Å². The zero-order valence-electron chi connectivity index (χ0n) is 20.5. The predicted octanol–water partition coefficient (Wildman–Crippen LogP) is 3.64. The molecule has 2 N–H and O–H groups in total. The van der Waals surface area contributed by atoms with Crippen LogP contribution in [-0.4, -0.2) is 66.4 Å². The molecule has 1 aliphatic carbocycles. The average molecular weight is 481 g/mol. The van der Waals surface area contributed by atoms with Crippen LogP contribution in [0.1, 0.15) is 44.2 Å². The van der Waals surface area contributed by atoms with Crippen LogP contribution in [-0.2, 0) is 19.1 Å². The van der Waals surface area contributed by atoms with E-state index in [9.17, 15) is 19.5 Å². The first kappa shape index (κ1) is 24.7. The molecular formula is C27H32N2O6. The maximum absolute atomic E-state index is 13.3. The number of methoxy groups -OCH3 is 1. The van der Waals surface area contributed by atoms with Crippen LogP contribution in [0.3, 0.4) is 0 Å². The number of carbonyl (C=O) groups is 3. The Morgan fingerprint density at radius 1 is 1.09 bits per heavy atom. The van der Waals surface area contributed by atoms with E-state index in [0.717, 1.165) is 22.3 Å². The Morgan fingerprint density at radius 3 is 2.14 bits per heavy atom. The van der Waals surface area contributed by atoms with Gasteiger partial charge in [0.1, 0.15) is 12.6 Å². The highest BCUT2D eigenvalue weighted by Gasteiger charge is 2.49. The van der Waals surface area contributed by atoms with Crippen LogP contribution in [0.5, 0.6) is 0 Å². The lowest BCUT2D eigenvalue weighted by atomic mass is 9.86. The fraction of sp³-hybridized carbons (Fsp3) is 0.444. The van der Waals surface area contributed by atoms with Gasteiger partial charge < -0.3 is 24.8 Å². The molecule has 2 aromatic carbocycles. The molecule has 8 nitrogen and oxygen atoms in total. The zero-order chi connectivity index (χ0) is 25.4. The number of benzene rings is 2. The van der Waals surface area contributed by atoms with E-state index in [2.05, 4.69) is 17.4 Å². The van der Waals surface area contributed by atoms with Crippen LogP contribution < -0.4 is 5.32 Å². The third kappa shape index (κ3) is 4.62. The third-order valence-corrected chi connectivity index (χ3v) is 7.04. The van der Waals surface area contributed by atoms with Gasteiger partial charge in [0.25, 0.3) is 0 Å². The zero-order valence-corrected chi connectivity index (χ0v) is 20.5. The largest absolute Gasteiger partial charge is 0.479 e. The molecule has 35 heavy (non-hydrogen) atoms. The summed E-state index contributed by atoms with van der Waals surface area (Å²) in [6.07, 6.45) is -0.498. The van der Waals surface area contributed by atoms with E-state index in [1.807, 2.05) is 57.2 Å². The van der Waals surface area contributed by atoms with Gasteiger partial charge in [-0.15, -0.1) is 0 Å². The summed E-state index contributed by atoms with van der Waals surface area (Å²) in [5.41, 5.74) is 2.42. The van der Waals surface area contributed by atoms with Crippen molar-refractivity contribution >= 4 is 18.0 Å². The second-order valence-electron chi connectivity index (χ2n) is 10.3. The molecule has 2 aromatic rings. The van der Waals surface area contributed by atoms with Gasteiger partial charge in [0.2, 0.25) is 5.91 Å². The number of aliphatic carboxylic acids is 1. The van der Waals surface area contributed by atoms with Crippen LogP contribution in [0.15, 0.2) is 48.5 Å². The Hall–Kier alpha value is -3.39. The molecule has 0 aromatic heterocycles. The molecule has 1 aliphatic heterocycles. The van der Waals surface area contributed by atoms with Crippen LogP contribution in [0.4, 0.5) is 4.79 Å². The number of nitrogens with zero attached hydrogens (tertiary/aromatic N) is 1. The van der Waals surface area contributed by atoms with E-state index in [1.165, 1.54) is 12.0 Å². The molecular weight excluding hydrogens is 448 g/mol. The number of likely N-dealkylation sites (tertiary alicyclic amines) is 1. The molecule has 4 rings (SSSR count). The first-order chi connectivity index (χ1) is 16.6. The fourth-order valence-corrected chi connectivity index (χ4v) is 4.99. The predicted molar refractivity (Wildman–Crippen MR) is 130 cm³/mol. The van der Waals surface area contributed by atoms with Crippen LogP contribution >= 0.6 is 0 Å². The van der Waals surface area contributed by atoms with Gasteiger partial charge in [-0.3, -0.25) is 4.79 Å². The van der Waals surface area contributed by atoms with Gasteiger partial charge in [-0.1, -0.05) is 69.3 Å². The highest BCUT2D eigenvalue weighted by Crippen LogP contribution is 2.44. The molecule has 8 heteroatoms. The summed E-state index contributed by atoms with van der Waals surface area (Å²) in [5.74, 6) is -1.55. The monoisotopic (exact) mass is 480 g/mol. The van der Waals surface area contributed by atoms with Gasteiger partial charge >= 0.3 is 12.1 Å². The molecule has 2 amide bonds. The Bertz CT molecular complexity index is 1090. The molecule has 0 bridgehead atoms. The lowest BCUT2D eigenvalue weighted by Crippen LogP contribution is -2.55. The van der Waals surface area contributed by atoms with E-state index >= 15 is 0 Å². The van der Waals surface area contributed by atoms with Crippen molar-refractivity contribution in [1.82, 2.24) is 10.2 Å². The van der Waals surface area contributed by atoms with Crippen molar-refractivity contribution < 1.29 is 29.0 Å². The van der Waals surface area contributed by atoms with Crippen molar-refractivity contribution in [3.63, 3.8) is 0 Å². The van der Waals surface area contributed by atoms with E-state index in [-0.39, 0.29) is 37.9 Å². The summed E-state index contributed by atoms with van der Waals surface area (Å²) in [5, 5.41) is 12.3. The number of carboxylic acid groups (broad SMARTS) is 1. The molecule has 1 heterocycles. The highest BCUT2D eigenvalue weighted by molar-refractivity contribution is 5.88. The second-order valence-corrected chi connectivity index (χ2v) is 10.3. The van der Waals surface area contributed by atoms with Gasteiger partial charge in [0, 0.05) is 26.0 Å². The SMILES string of the molecule is COC1(C(=O)O)CCN(C(=O)C(NC(=O)OCC2c3ccccc3-c3ccccc32)C(C)(C)C)C1. The number of fused-ring (bicyclic) bond motifs is 3. The Balaban J connectivity index is 1.45. The molecule has 2 atom stereocenters. The molecule has 0 saturated carbocycles. The molecule has 1 saturated heterocycles. The maximum Gasteiger partial charge on any atom is 0.407 e. The summed E-state index contributed by atoms with van der Waals surface area (Å²) >= 11 is 0. The minimum Gasteiger partial charge on any atom is -0.479 e. The number of rotatable bonds is 6. The van der Waals surface area contributed by atoms with Gasteiger partial charge in [0.05, 0.1) is 6.54 Å². The number of carbonyl (C=O) groups excluding carboxylic acids is 2. The lowest BCUT2D eigenvalue weighted by molar-refractivity contribution is -0.161. The maximum atomic E-state index is 13.3. The first-order valence-electron chi connectivity index (χ1n) is 11.8. The quantitative estimate of drug-likeness (QED) is 0.654. The summed E-state index contributed by atoms with van der Waals surface area (Å²) in [4.78, 5) is 39.4. The van der Waals surface area contributed by atoms with E-state index in [0.29, 0.717) is 0 Å². The smallest absolute Gasteiger partial charge is 0.407 e. The van der Waals surface area contributed by atoms with Crippen molar-refractivity contribution in [2.45, 2.75) is 44.8 Å².